The molecule has 0 aliphatic heterocycles. The molecule has 1 unspecified atom stereocenters. The van der Waals surface area contributed by atoms with Gasteiger partial charge in [0, 0.05) is 25.8 Å². The fraction of sp³-hybridized carbons (Fsp3) is 0.412. The number of benzene rings is 2. The van der Waals surface area contributed by atoms with Gasteiger partial charge in [-0.15, -0.1) is 0 Å². The lowest BCUT2D eigenvalue weighted by atomic mass is 9.98. The smallest absolute Gasteiger partial charge is 0.0642 e. The van der Waals surface area contributed by atoms with E-state index in [1.54, 1.807) is 7.11 Å². The van der Waals surface area contributed by atoms with Crippen molar-refractivity contribution in [2.75, 3.05) is 20.3 Å². The molecule has 2 aromatic rings. The second-order valence-corrected chi connectivity index (χ2v) is 5.46. The van der Waals surface area contributed by atoms with E-state index >= 15 is 0 Å². The minimum atomic E-state index is -0.208. The highest BCUT2D eigenvalue weighted by Gasteiger charge is 2.22. The van der Waals surface area contributed by atoms with E-state index in [2.05, 4.69) is 54.7 Å². The summed E-state index contributed by atoms with van der Waals surface area (Å²) in [5.74, 6) is 0. The van der Waals surface area contributed by atoms with Crippen LogP contribution in [0.25, 0.3) is 10.8 Å². The Kier molecular flexibility index (Phi) is 5.12. The molecule has 108 valence electrons. The first-order valence-electron chi connectivity index (χ1n) is 7.00. The molecule has 0 bridgehead atoms. The van der Waals surface area contributed by atoms with E-state index in [-0.39, 0.29) is 12.1 Å². The van der Waals surface area contributed by atoms with Gasteiger partial charge in [-0.2, -0.15) is 0 Å². The molecular formula is C17H23NO2. The summed E-state index contributed by atoms with van der Waals surface area (Å²) in [6, 6.07) is 14.7. The van der Waals surface area contributed by atoms with Crippen LogP contribution in [0.2, 0.25) is 0 Å². The Labute approximate surface area is 120 Å². The summed E-state index contributed by atoms with van der Waals surface area (Å²) in [6.07, 6.45) is 0.672. The van der Waals surface area contributed by atoms with Crippen molar-refractivity contribution < 1.29 is 9.84 Å². The molecule has 2 aromatic carbocycles. The zero-order valence-electron chi connectivity index (χ0n) is 12.2. The molecule has 0 fully saturated rings. The summed E-state index contributed by atoms with van der Waals surface area (Å²) >= 11 is 0. The average Bonchev–Trinajstić information content (AvgIpc) is 2.46. The third-order valence-electron chi connectivity index (χ3n) is 3.71. The molecule has 3 heteroatoms. The third kappa shape index (κ3) is 3.57. The Morgan fingerprint density at radius 3 is 2.65 bits per heavy atom. The van der Waals surface area contributed by atoms with Crippen LogP contribution in [0.4, 0.5) is 0 Å². The largest absolute Gasteiger partial charge is 0.396 e. The number of nitrogens with one attached hydrogen (secondary N) is 1. The number of rotatable bonds is 7. The molecular weight excluding hydrogens is 250 g/mol. The molecule has 0 amide bonds. The molecule has 0 aliphatic rings. The van der Waals surface area contributed by atoms with Gasteiger partial charge in [0.25, 0.3) is 0 Å². The molecule has 1 atom stereocenters. The normalized spacial score (nSPS) is 14.3. The Bertz CT molecular complexity index is 542. The van der Waals surface area contributed by atoms with Crippen molar-refractivity contribution in [1.82, 2.24) is 5.32 Å². The molecule has 0 spiro atoms. The SMILES string of the molecule is COCC(C)(CCO)NCc1cccc2ccccc12. The minimum absolute atomic E-state index is 0.155. The zero-order chi connectivity index (χ0) is 14.4. The molecule has 0 heterocycles. The number of aliphatic hydroxyl groups excluding tert-OH is 1. The standard InChI is InChI=1S/C17H23NO2/c1-17(10-11-19,13-20-2)18-12-15-8-5-7-14-6-3-4-9-16(14)15/h3-9,18-19H,10-13H2,1-2H3. The van der Waals surface area contributed by atoms with Gasteiger partial charge in [0.2, 0.25) is 0 Å². The quantitative estimate of drug-likeness (QED) is 0.815. The summed E-state index contributed by atoms with van der Waals surface area (Å²) in [5, 5.41) is 15.2. The van der Waals surface area contributed by atoms with Crippen LogP contribution in [0.3, 0.4) is 0 Å². The molecule has 0 radical (unpaired) electrons. The number of fused-ring (bicyclic) bond motifs is 1. The van der Waals surface area contributed by atoms with Gasteiger partial charge in [-0.1, -0.05) is 42.5 Å². The maximum Gasteiger partial charge on any atom is 0.0642 e. The second kappa shape index (κ2) is 6.84. The van der Waals surface area contributed by atoms with Crippen LogP contribution in [0.5, 0.6) is 0 Å². The highest BCUT2D eigenvalue weighted by atomic mass is 16.5. The number of hydrogen-bond acceptors (Lipinski definition) is 3. The highest BCUT2D eigenvalue weighted by molar-refractivity contribution is 5.85. The van der Waals surface area contributed by atoms with Crippen molar-refractivity contribution in [3.05, 3.63) is 48.0 Å². The zero-order valence-corrected chi connectivity index (χ0v) is 12.2. The molecule has 0 aliphatic carbocycles. The van der Waals surface area contributed by atoms with E-state index in [1.165, 1.54) is 16.3 Å². The summed E-state index contributed by atoms with van der Waals surface area (Å²) in [7, 11) is 1.69. The molecule has 3 nitrogen and oxygen atoms in total. The van der Waals surface area contributed by atoms with Crippen molar-refractivity contribution in [3.8, 4) is 0 Å². The van der Waals surface area contributed by atoms with Crippen molar-refractivity contribution in [2.24, 2.45) is 0 Å². The summed E-state index contributed by atoms with van der Waals surface area (Å²) in [4.78, 5) is 0. The summed E-state index contributed by atoms with van der Waals surface area (Å²) in [5.41, 5.74) is 1.06. The van der Waals surface area contributed by atoms with Crippen LogP contribution in [0, 0.1) is 0 Å². The fourth-order valence-corrected chi connectivity index (χ4v) is 2.53. The number of aliphatic hydroxyl groups is 1. The maximum atomic E-state index is 9.20. The monoisotopic (exact) mass is 273 g/mol. The minimum Gasteiger partial charge on any atom is -0.396 e. The summed E-state index contributed by atoms with van der Waals surface area (Å²) in [6.45, 7) is 3.58. The third-order valence-corrected chi connectivity index (χ3v) is 3.71. The van der Waals surface area contributed by atoms with Crippen LogP contribution >= 0.6 is 0 Å². The predicted molar refractivity (Wildman–Crippen MR) is 82.8 cm³/mol. The van der Waals surface area contributed by atoms with E-state index < -0.39 is 0 Å². The van der Waals surface area contributed by atoms with E-state index in [0.29, 0.717) is 13.0 Å². The average molecular weight is 273 g/mol. The van der Waals surface area contributed by atoms with Crippen LogP contribution in [0.15, 0.2) is 42.5 Å². The first-order chi connectivity index (χ1) is 9.68. The van der Waals surface area contributed by atoms with Gasteiger partial charge in [0.1, 0.15) is 0 Å². The molecule has 0 saturated heterocycles. The number of ether oxygens (including phenoxy) is 1. The van der Waals surface area contributed by atoms with Gasteiger partial charge in [-0.3, -0.25) is 0 Å². The number of hydrogen-bond donors (Lipinski definition) is 2. The lowest BCUT2D eigenvalue weighted by Gasteiger charge is -2.30. The van der Waals surface area contributed by atoms with Gasteiger partial charge in [0.15, 0.2) is 0 Å². The second-order valence-electron chi connectivity index (χ2n) is 5.46. The molecule has 0 saturated carbocycles. The highest BCUT2D eigenvalue weighted by Crippen LogP contribution is 2.19. The lowest BCUT2D eigenvalue weighted by Crippen LogP contribution is -2.46. The topological polar surface area (TPSA) is 41.5 Å². The van der Waals surface area contributed by atoms with Gasteiger partial charge < -0.3 is 15.2 Å². The van der Waals surface area contributed by atoms with Crippen LogP contribution in [0.1, 0.15) is 18.9 Å². The van der Waals surface area contributed by atoms with Crippen molar-refractivity contribution >= 4 is 10.8 Å². The molecule has 2 N–H and O–H groups in total. The van der Waals surface area contributed by atoms with E-state index in [4.69, 9.17) is 4.74 Å². The van der Waals surface area contributed by atoms with Crippen LogP contribution in [-0.4, -0.2) is 31.0 Å². The van der Waals surface area contributed by atoms with Crippen molar-refractivity contribution in [2.45, 2.75) is 25.4 Å². The first kappa shape index (κ1) is 15.0. The molecule has 2 rings (SSSR count). The first-order valence-corrected chi connectivity index (χ1v) is 7.00. The Hall–Kier alpha value is -1.42. The van der Waals surface area contributed by atoms with Gasteiger partial charge >= 0.3 is 0 Å². The lowest BCUT2D eigenvalue weighted by molar-refractivity contribution is 0.0970. The van der Waals surface area contributed by atoms with Crippen LogP contribution in [-0.2, 0) is 11.3 Å². The van der Waals surface area contributed by atoms with E-state index in [0.717, 1.165) is 6.54 Å². The predicted octanol–water partition coefficient (Wildman–Crippen LogP) is 2.72. The van der Waals surface area contributed by atoms with Crippen molar-refractivity contribution in [3.63, 3.8) is 0 Å². The van der Waals surface area contributed by atoms with Gasteiger partial charge in [0.05, 0.1) is 6.61 Å². The Morgan fingerprint density at radius 2 is 1.90 bits per heavy atom. The maximum absolute atomic E-state index is 9.20. The fourth-order valence-electron chi connectivity index (χ4n) is 2.53. The number of methoxy groups -OCH3 is 1. The summed E-state index contributed by atoms with van der Waals surface area (Å²) < 4.78 is 5.26. The van der Waals surface area contributed by atoms with Gasteiger partial charge in [-0.25, -0.2) is 0 Å². The Morgan fingerprint density at radius 1 is 1.15 bits per heavy atom. The van der Waals surface area contributed by atoms with Gasteiger partial charge in [-0.05, 0) is 29.7 Å². The molecule has 20 heavy (non-hydrogen) atoms. The van der Waals surface area contributed by atoms with E-state index in [9.17, 15) is 5.11 Å². The van der Waals surface area contributed by atoms with Crippen molar-refractivity contribution in [1.29, 1.82) is 0 Å². The van der Waals surface area contributed by atoms with E-state index in [1.807, 2.05) is 0 Å². The molecule has 0 aromatic heterocycles. The Balaban J connectivity index is 2.15. The van der Waals surface area contributed by atoms with Crippen LogP contribution < -0.4 is 5.32 Å².